The summed E-state index contributed by atoms with van der Waals surface area (Å²) >= 11 is 0. The summed E-state index contributed by atoms with van der Waals surface area (Å²) in [5.41, 5.74) is 2.92. The molecule has 0 fully saturated rings. The third-order valence-corrected chi connectivity index (χ3v) is 2.60. The van der Waals surface area contributed by atoms with Crippen LogP contribution in [0.2, 0.25) is 0 Å². The molecule has 0 atom stereocenters. The van der Waals surface area contributed by atoms with Gasteiger partial charge in [0.1, 0.15) is 11.5 Å². The van der Waals surface area contributed by atoms with E-state index in [0.29, 0.717) is 6.42 Å². The van der Waals surface area contributed by atoms with E-state index in [1.807, 2.05) is 25.1 Å². The summed E-state index contributed by atoms with van der Waals surface area (Å²) < 4.78 is 10.4. The third-order valence-electron chi connectivity index (χ3n) is 2.60. The minimum atomic E-state index is 0.704. The smallest absolute Gasteiger partial charge is 0.122 e. The van der Waals surface area contributed by atoms with Crippen LogP contribution in [0.4, 0.5) is 0 Å². The molecule has 0 radical (unpaired) electrons. The number of methoxy groups -OCH3 is 2. The lowest BCUT2D eigenvalue weighted by molar-refractivity contribution is 0.393. The van der Waals surface area contributed by atoms with Gasteiger partial charge in [-0.3, -0.25) is 0 Å². The quantitative estimate of drug-likeness (QED) is 0.873. The second kappa shape index (κ2) is 4.86. The van der Waals surface area contributed by atoms with Crippen LogP contribution in [0.1, 0.15) is 17.0 Å². The number of ether oxygens (including phenoxy) is 2. The van der Waals surface area contributed by atoms with Crippen molar-refractivity contribution in [3.8, 4) is 11.5 Å². The summed E-state index contributed by atoms with van der Waals surface area (Å²) in [7, 11) is 3.28. The normalized spacial score (nSPS) is 10.3. The highest BCUT2D eigenvalue weighted by Gasteiger charge is 2.07. The molecule has 17 heavy (non-hydrogen) atoms. The van der Waals surface area contributed by atoms with Crippen LogP contribution >= 0.6 is 0 Å². The van der Waals surface area contributed by atoms with Crippen LogP contribution in [0.15, 0.2) is 18.2 Å². The predicted molar refractivity (Wildman–Crippen MR) is 63.5 cm³/mol. The molecule has 0 spiro atoms. The molecule has 0 saturated carbocycles. The van der Waals surface area contributed by atoms with E-state index in [4.69, 9.17) is 9.47 Å². The first-order valence-corrected chi connectivity index (χ1v) is 5.31. The number of rotatable bonds is 4. The molecule has 1 heterocycles. The largest absolute Gasteiger partial charge is 0.497 e. The zero-order chi connectivity index (χ0) is 12.3. The van der Waals surface area contributed by atoms with Crippen LogP contribution in [0.5, 0.6) is 11.5 Å². The Morgan fingerprint density at radius 2 is 1.71 bits per heavy atom. The van der Waals surface area contributed by atoms with Crippen LogP contribution in [-0.2, 0) is 6.42 Å². The lowest BCUT2D eigenvalue weighted by Crippen LogP contribution is -1.94. The SMILES string of the molecule is COc1cc(Cc2n[nH]nc2C)cc(OC)c1. The van der Waals surface area contributed by atoms with E-state index in [9.17, 15) is 0 Å². The molecule has 1 aromatic carbocycles. The Hall–Kier alpha value is -2.04. The second-order valence-electron chi connectivity index (χ2n) is 3.75. The van der Waals surface area contributed by atoms with E-state index in [0.717, 1.165) is 28.5 Å². The Labute approximate surface area is 99.8 Å². The fraction of sp³-hybridized carbons (Fsp3) is 0.333. The Morgan fingerprint density at radius 3 is 2.18 bits per heavy atom. The van der Waals surface area contributed by atoms with Crippen molar-refractivity contribution < 1.29 is 9.47 Å². The Bertz CT molecular complexity index is 486. The lowest BCUT2D eigenvalue weighted by atomic mass is 10.1. The highest BCUT2D eigenvalue weighted by molar-refractivity contribution is 5.40. The minimum Gasteiger partial charge on any atom is -0.497 e. The average molecular weight is 233 g/mol. The highest BCUT2D eigenvalue weighted by Crippen LogP contribution is 2.24. The van der Waals surface area contributed by atoms with E-state index in [1.165, 1.54) is 0 Å². The molecular formula is C12H15N3O2. The zero-order valence-corrected chi connectivity index (χ0v) is 10.2. The lowest BCUT2D eigenvalue weighted by Gasteiger charge is -2.07. The summed E-state index contributed by atoms with van der Waals surface area (Å²) in [6.07, 6.45) is 0.704. The van der Waals surface area contributed by atoms with Crippen LogP contribution < -0.4 is 9.47 Å². The third kappa shape index (κ3) is 2.55. The molecule has 1 N–H and O–H groups in total. The Kier molecular flexibility index (Phi) is 3.27. The van der Waals surface area contributed by atoms with Crippen molar-refractivity contribution in [3.05, 3.63) is 35.2 Å². The average Bonchev–Trinajstić information content (AvgIpc) is 2.74. The van der Waals surface area contributed by atoms with E-state index >= 15 is 0 Å². The maximum absolute atomic E-state index is 5.22. The van der Waals surface area contributed by atoms with Crippen molar-refractivity contribution in [1.82, 2.24) is 15.4 Å². The van der Waals surface area contributed by atoms with Crippen molar-refractivity contribution in [3.63, 3.8) is 0 Å². The standard InChI is InChI=1S/C12H15N3O2/c1-8-12(14-15-13-8)6-9-4-10(16-2)7-11(5-9)17-3/h4-5,7H,6H2,1-3H3,(H,13,14,15). The van der Waals surface area contributed by atoms with E-state index < -0.39 is 0 Å². The van der Waals surface area contributed by atoms with Gasteiger partial charge in [0, 0.05) is 12.5 Å². The van der Waals surface area contributed by atoms with Gasteiger partial charge in [-0.05, 0) is 24.6 Å². The van der Waals surface area contributed by atoms with Crippen molar-refractivity contribution >= 4 is 0 Å². The van der Waals surface area contributed by atoms with Gasteiger partial charge in [-0.25, -0.2) is 0 Å². The summed E-state index contributed by atoms with van der Waals surface area (Å²) in [6, 6.07) is 5.78. The minimum absolute atomic E-state index is 0.704. The summed E-state index contributed by atoms with van der Waals surface area (Å²) in [4.78, 5) is 0. The van der Waals surface area contributed by atoms with Crippen LogP contribution in [-0.4, -0.2) is 29.6 Å². The number of aromatic amines is 1. The summed E-state index contributed by atoms with van der Waals surface area (Å²) in [5.74, 6) is 1.56. The fourth-order valence-corrected chi connectivity index (χ4v) is 1.64. The number of hydrogen-bond acceptors (Lipinski definition) is 4. The topological polar surface area (TPSA) is 60.0 Å². The molecule has 0 unspecified atom stereocenters. The number of H-pyrrole nitrogens is 1. The molecule has 2 aromatic rings. The fourth-order valence-electron chi connectivity index (χ4n) is 1.64. The second-order valence-corrected chi connectivity index (χ2v) is 3.75. The molecule has 5 heteroatoms. The summed E-state index contributed by atoms with van der Waals surface area (Å²) in [6.45, 7) is 1.93. The monoisotopic (exact) mass is 233 g/mol. The molecule has 0 amide bonds. The number of hydrogen-bond donors (Lipinski definition) is 1. The number of aryl methyl sites for hydroxylation is 1. The summed E-state index contributed by atoms with van der Waals surface area (Å²) in [5, 5.41) is 10.7. The van der Waals surface area contributed by atoms with Gasteiger partial charge in [0.15, 0.2) is 0 Å². The van der Waals surface area contributed by atoms with E-state index in [-0.39, 0.29) is 0 Å². The molecule has 0 aliphatic carbocycles. The Morgan fingerprint density at radius 1 is 1.06 bits per heavy atom. The zero-order valence-electron chi connectivity index (χ0n) is 10.2. The molecular weight excluding hydrogens is 218 g/mol. The number of nitrogens with zero attached hydrogens (tertiary/aromatic N) is 2. The van der Waals surface area contributed by atoms with Gasteiger partial charge in [0.25, 0.3) is 0 Å². The van der Waals surface area contributed by atoms with Crippen LogP contribution in [0, 0.1) is 6.92 Å². The van der Waals surface area contributed by atoms with Crippen LogP contribution in [0.3, 0.4) is 0 Å². The first-order valence-electron chi connectivity index (χ1n) is 5.31. The van der Waals surface area contributed by atoms with E-state index in [1.54, 1.807) is 14.2 Å². The van der Waals surface area contributed by atoms with Crippen molar-refractivity contribution in [1.29, 1.82) is 0 Å². The van der Waals surface area contributed by atoms with Crippen molar-refractivity contribution in [2.24, 2.45) is 0 Å². The number of nitrogens with one attached hydrogen (secondary N) is 1. The number of benzene rings is 1. The maximum Gasteiger partial charge on any atom is 0.122 e. The van der Waals surface area contributed by atoms with Gasteiger partial charge in [0.2, 0.25) is 0 Å². The first-order chi connectivity index (χ1) is 8.22. The molecule has 5 nitrogen and oxygen atoms in total. The highest BCUT2D eigenvalue weighted by atomic mass is 16.5. The first kappa shape index (κ1) is 11.4. The van der Waals surface area contributed by atoms with Gasteiger partial charge >= 0.3 is 0 Å². The molecule has 90 valence electrons. The van der Waals surface area contributed by atoms with Crippen molar-refractivity contribution in [2.45, 2.75) is 13.3 Å². The van der Waals surface area contributed by atoms with Gasteiger partial charge in [-0.1, -0.05) is 0 Å². The van der Waals surface area contributed by atoms with Gasteiger partial charge in [-0.15, -0.1) is 0 Å². The predicted octanol–water partition coefficient (Wildman–Crippen LogP) is 1.72. The molecule has 2 rings (SSSR count). The molecule has 1 aromatic heterocycles. The molecule has 0 aliphatic heterocycles. The molecule has 0 bridgehead atoms. The molecule has 0 aliphatic rings. The van der Waals surface area contributed by atoms with Gasteiger partial charge in [0.05, 0.1) is 25.6 Å². The van der Waals surface area contributed by atoms with Gasteiger partial charge in [-0.2, -0.15) is 15.4 Å². The molecule has 0 saturated heterocycles. The van der Waals surface area contributed by atoms with Gasteiger partial charge < -0.3 is 9.47 Å². The maximum atomic E-state index is 5.22. The van der Waals surface area contributed by atoms with E-state index in [2.05, 4.69) is 15.4 Å². The van der Waals surface area contributed by atoms with Crippen LogP contribution in [0.25, 0.3) is 0 Å². The number of aromatic nitrogens is 3. The van der Waals surface area contributed by atoms with Crippen molar-refractivity contribution in [2.75, 3.05) is 14.2 Å². The Balaban J connectivity index is 2.29.